The van der Waals surface area contributed by atoms with Gasteiger partial charge in [-0.1, -0.05) is 0 Å². The minimum Gasteiger partial charge on any atom is -0.379 e. The summed E-state index contributed by atoms with van der Waals surface area (Å²) in [6.07, 6.45) is 3.52. The van der Waals surface area contributed by atoms with Gasteiger partial charge < -0.3 is 15.0 Å². The molecule has 0 aliphatic carbocycles. The number of urea groups is 1. The molecule has 3 aliphatic heterocycles. The molecule has 0 saturated carbocycles. The summed E-state index contributed by atoms with van der Waals surface area (Å²) >= 11 is 1.94. The first-order chi connectivity index (χ1) is 10.3. The van der Waals surface area contributed by atoms with E-state index in [9.17, 15) is 4.79 Å². The molecule has 2 amide bonds. The SMILES string of the molecule is O=C(NC1CCSC1)N1CCC[C@@H](CN2CCOCC2)C1. The van der Waals surface area contributed by atoms with E-state index in [-0.39, 0.29) is 6.03 Å². The Balaban J connectivity index is 1.44. The molecular weight excluding hydrogens is 286 g/mol. The number of hydrogen-bond acceptors (Lipinski definition) is 4. The number of piperidine rings is 1. The quantitative estimate of drug-likeness (QED) is 0.852. The third-order valence-corrected chi connectivity index (χ3v) is 5.85. The molecular formula is C15H27N3O2S. The van der Waals surface area contributed by atoms with Gasteiger partial charge in [-0.3, -0.25) is 4.90 Å². The van der Waals surface area contributed by atoms with Crippen molar-refractivity contribution >= 4 is 17.8 Å². The van der Waals surface area contributed by atoms with Gasteiger partial charge in [-0.05, 0) is 30.9 Å². The molecule has 3 heterocycles. The maximum atomic E-state index is 12.4. The average Bonchev–Trinajstić information content (AvgIpc) is 3.01. The molecule has 2 atom stereocenters. The van der Waals surface area contributed by atoms with Crippen molar-refractivity contribution in [2.75, 3.05) is 57.4 Å². The van der Waals surface area contributed by atoms with Crippen LogP contribution in [-0.2, 0) is 4.74 Å². The second kappa shape index (κ2) is 7.70. The Kier molecular flexibility index (Phi) is 5.66. The number of nitrogens with zero attached hydrogens (tertiary/aromatic N) is 2. The van der Waals surface area contributed by atoms with Crippen molar-refractivity contribution in [3.8, 4) is 0 Å². The van der Waals surface area contributed by atoms with Crippen molar-refractivity contribution < 1.29 is 9.53 Å². The molecule has 120 valence electrons. The van der Waals surface area contributed by atoms with Gasteiger partial charge >= 0.3 is 6.03 Å². The van der Waals surface area contributed by atoms with E-state index >= 15 is 0 Å². The molecule has 1 unspecified atom stereocenters. The van der Waals surface area contributed by atoms with Crippen LogP contribution in [0.3, 0.4) is 0 Å². The predicted octanol–water partition coefficient (Wildman–Crippen LogP) is 1.25. The first kappa shape index (κ1) is 15.4. The molecule has 3 fully saturated rings. The maximum absolute atomic E-state index is 12.4. The number of rotatable bonds is 3. The van der Waals surface area contributed by atoms with Crippen LogP contribution >= 0.6 is 11.8 Å². The highest BCUT2D eigenvalue weighted by atomic mass is 32.2. The molecule has 5 nitrogen and oxygen atoms in total. The maximum Gasteiger partial charge on any atom is 0.317 e. The van der Waals surface area contributed by atoms with Gasteiger partial charge in [0.1, 0.15) is 0 Å². The zero-order valence-electron chi connectivity index (χ0n) is 12.8. The van der Waals surface area contributed by atoms with Crippen molar-refractivity contribution in [3.63, 3.8) is 0 Å². The Hall–Kier alpha value is -0.460. The topological polar surface area (TPSA) is 44.8 Å². The van der Waals surface area contributed by atoms with Crippen molar-refractivity contribution in [1.82, 2.24) is 15.1 Å². The number of morpholine rings is 1. The summed E-state index contributed by atoms with van der Waals surface area (Å²) in [7, 11) is 0. The van der Waals surface area contributed by atoms with Gasteiger partial charge in [-0.15, -0.1) is 0 Å². The minimum absolute atomic E-state index is 0.161. The number of carbonyl (C=O) groups is 1. The van der Waals surface area contributed by atoms with Crippen molar-refractivity contribution in [1.29, 1.82) is 0 Å². The van der Waals surface area contributed by atoms with E-state index in [2.05, 4.69) is 10.2 Å². The lowest BCUT2D eigenvalue weighted by molar-refractivity contribution is 0.0248. The highest BCUT2D eigenvalue weighted by molar-refractivity contribution is 7.99. The van der Waals surface area contributed by atoms with Gasteiger partial charge in [0.25, 0.3) is 0 Å². The van der Waals surface area contributed by atoms with E-state index in [1.54, 1.807) is 0 Å². The highest BCUT2D eigenvalue weighted by Crippen LogP contribution is 2.20. The third-order valence-electron chi connectivity index (χ3n) is 4.68. The lowest BCUT2D eigenvalue weighted by Crippen LogP contribution is -2.50. The summed E-state index contributed by atoms with van der Waals surface area (Å²) in [6, 6.07) is 0.552. The molecule has 21 heavy (non-hydrogen) atoms. The van der Waals surface area contributed by atoms with E-state index < -0.39 is 0 Å². The molecule has 0 spiro atoms. The van der Waals surface area contributed by atoms with E-state index in [0.717, 1.165) is 64.5 Å². The fourth-order valence-electron chi connectivity index (χ4n) is 3.46. The van der Waals surface area contributed by atoms with Crippen LogP contribution in [0.25, 0.3) is 0 Å². The highest BCUT2D eigenvalue weighted by Gasteiger charge is 2.27. The smallest absolute Gasteiger partial charge is 0.317 e. The van der Waals surface area contributed by atoms with Crippen LogP contribution in [0.1, 0.15) is 19.3 Å². The Bertz CT molecular complexity index is 344. The van der Waals surface area contributed by atoms with Crippen LogP contribution in [0.2, 0.25) is 0 Å². The Morgan fingerprint density at radius 1 is 1.24 bits per heavy atom. The lowest BCUT2D eigenvalue weighted by Gasteiger charge is -2.37. The first-order valence-electron chi connectivity index (χ1n) is 8.24. The molecule has 1 N–H and O–H groups in total. The molecule has 3 saturated heterocycles. The van der Waals surface area contributed by atoms with Crippen LogP contribution in [0.4, 0.5) is 4.79 Å². The first-order valence-corrected chi connectivity index (χ1v) is 9.40. The number of hydrogen-bond donors (Lipinski definition) is 1. The van der Waals surface area contributed by atoms with E-state index in [0.29, 0.717) is 12.0 Å². The summed E-state index contributed by atoms with van der Waals surface area (Å²) in [6.45, 7) is 6.76. The summed E-state index contributed by atoms with van der Waals surface area (Å²) in [4.78, 5) is 16.9. The fraction of sp³-hybridized carbons (Fsp3) is 0.933. The summed E-state index contributed by atoms with van der Waals surface area (Å²) in [5.41, 5.74) is 0. The van der Waals surface area contributed by atoms with Gasteiger partial charge in [0.2, 0.25) is 0 Å². The number of thioether (sulfide) groups is 1. The summed E-state index contributed by atoms with van der Waals surface area (Å²) in [5, 5.41) is 3.21. The minimum atomic E-state index is 0.161. The number of carbonyl (C=O) groups excluding carboxylic acids is 1. The molecule has 0 radical (unpaired) electrons. The van der Waals surface area contributed by atoms with E-state index in [1.165, 1.54) is 12.2 Å². The van der Waals surface area contributed by atoms with Gasteiger partial charge in [0.15, 0.2) is 0 Å². The zero-order valence-corrected chi connectivity index (χ0v) is 13.6. The standard InChI is InChI=1S/C15H27N3O2S/c19-15(16-14-3-9-21-12-14)18-4-1-2-13(11-18)10-17-5-7-20-8-6-17/h13-14H,1-12H2,(H,16,19)/t13-,14?/m0/s1. The molecule has 0 aromatic carbocycles. The van der Waals surface area contributed by atoms with Gasteiger partial charge in [0, 0.05) is 44.5 Å². The number of ether oxygens (including phenoxy) is 1. The van der Waals surface area contributed by atoms with Gasteiger partial charge in [-0.25, -0.2) is 4.79 Å². The molecule has 0 aromatic rings. The Morgan fingerprint density at radius 2 is 2.10 bits per heavy atom. The molecule has 0 aromatic heterocycles. The van der Waals surface area contributed by atoms with Crippen LogP contribution in [-0.4, -0.2) is 79.3 Å². The van der Waals surface area contributed by atoms with Crippen LogP contribution in [0, 0.1) is 5.92 Å². The van der Waals surface area contributed by atoms with Crippen molar-refractivity contribution in [2.24, 2.45) is 5.92 Å². The third kappa shape index (κ3) is 4.50. The van der Waals surface area contributed by atoms with E-state index in [1.807, 2.05) is 16.7 Å². The number of likely N-dealkylation sites (tertiary alicyclic amines) is 1. The van der Waals surface area contributed by atoms with Crippen molar-refractivity contribution in [3.05, 3.63) is 0 Å². The van der Waals surface area contributed by atoms with Crippen LogP contribution in [0.15, 0.2) is 0 Å². The number of nitrogens with one attached hydrogen (secondary N) is 1. The van der Waals surface area contributed by atoms with Crippen LogP contribution in [0.5, 0.6) is 0 Å². The Morgan fingerprint density at radius 3 is 2.86 bits per heavy atom. The number of amides is 2. The summed E-state index contributed by atoms with van der Waals surface area (Å²) in [5.74, 6) is 2.89. The summed E-state index contributed by atoms with van der Waals surface area (Å²) < 4.78 is 5.40. The normalized spacial score (nSPS) is 31.3. The largest absolute Gasteiger partial charge is 0.379 e. The van der Waals surface area contributed by atoms with Crippen molar-refractivity contribution in [2.45, 2.75) is 25.3 Å². The molecule has 6 heteroatoms. The second-order valence-corrected chi connectivity index (χ2v) is 7.53. The van der Waals surface area contributed by atoms with Crippen LogP contribution < -0.4 is 5.32 Å². The monoisotopic (exact) mass is 313 g/mol. The average molecular weight is 313 g/mol. The molecule has 0 bridgehead atoms. The van der Waals surface area contributed by atoms with E-state index in [4.69, 9.17) is 4.74 Å². The Labute approximate surface area is 131 Å². The van der Waals surface area contributed by atoms with Gasteiger partial charge in [-0.2, -0.15) is 11.8 Å². The second-order valence-electron chi connectivity index (χ2n) is 6.38. The zero-order chi connectivity index (χ0) is 14.5. The molecule has 3 aliphatic rings. The van der Waals surface area contributed by atoms with Gasteiger partial charge in [0.05, 0.1) is 13.2 Å². The lowest BCUT2D eigenvalue weighted by atomic mass is 9.97. The molecule has 3 rings (SSSR count). The predicted molar refractivity (Wildman–Crippen MR) is 85.8 cm³/mol. The fourth-order valence-corrected chi connectivity index (χ4v) is 4.61.